The highest BCUT2D eigenvalue weighted by atomic mass is 16.5. The van der Waals surface area contributed by atoms with E-state index >= 15 is 0 Å². The summed E-state index contributed by atoms with van der Waals surface area (Å²) in [5.41, 5.74) is 3.32. The number of urea groups is 1. The predicted molar refractivity (Wildman–Crippen MR) is 106 cm³/mol. The van der Waals surface area contributed by atoms with Crippen LogP contribution in [-0.2, 0) is 6.42 Å². The van der Waals surface area contributed by atoms with E-state index in [2.05, 4.69) is 43.4 Å². The molecule has 1 aliphatic rings. The first-order chi connectivity index (χ1) is 12.6. The first-order valence-electron chi connectivity index (χ1n) is 9.38. The van der Waals surface area contributed by atoms with Crippen molar-refractivity contribution in [1.82, 2.24) is 4.90 Å². The number of nitrogens with one attached hydrogen (secondary N) is 1. The first-order valence-corrected chi connectivity index (χ1v) is 9.38. The maximum Gasteiger partial charge on any atom is 0.322 e. The summed E-state index contributed by atoms with van der Waals surface area (Å²) in [7, 11) is 1.63. The van der Waals surface area contributed by atoms with Crippen LogP contribution in [0.3, 0.4) is 0 Å². The maximum absolute atomic E-state index is 12.9. The zero-order valence-electron chi connectivity index (χ0n) is 15.9. The second-order valence-corrected chi connectivity index (χ2v) is 7.04. The summed E-state index contributed by atoms with van der Waals surface area (Å²) in [5, 5.41) is 3.03. The number of benzene rings is 2. The van der Waals surface area contributed by atoms with Crippen molar-refractivity contribution in [2.45, 2.75) is 39.2 Å². The van der Waals surface area contributed by atoms with Gasteiger partial charge in [0.1, 0.15) is 5.75 Å². The van der Waals surface area contributed by atoms with Gasteiger partial charge in [0.25, 0.3) is 0 Å². The number of likely N-dealkylation sites (N-methyl/N-ethyl adjacent to an activating group) is 1. The molecule has 0 spiro atoms. The number of hydrogen-bond donors (Lipinski definition) is 1. The maximum atomic E-state index is 12.9. The molecule has 0 radical (unpaired) electrons. The van der Waals surface area contributed by atoms with Crippen LogP contribution in [0.4, 0.5) is 10.5 Å². The van der Waals surface area contributed by atoms with E-state index in [-0.39, 0.29) is 12.1 Å². The average Bonchev–Trinajstić information content (AvgIpc) is 3.48. The lowest BCUT2D eigenvalue weighted by atomic mass is 10.00. The third kappa shape index (κ3) is 4.57. The van der Waals surface area contributed by atoms with Gasteiger partial charge in [-0.25, -0.2) is 4.79 Å². The minimum absolute atomic E-state index is 0.0373. The van der Waals surface area contributed by atoms with E-state index in [4.69, 9.17) is 4.74 Å². The number of nitrogens with zero attached hydrogens (tertiary/aromatic N) is 1. The number of ether oxygens (including phenoxy) is 1. The zero-order valence-corrected chi connectivity index (χ0v) is 15.9. The number of aryl methyl sites for hydroxylation is 1. The van der Waals surface area contributed by atoms with E-state index in [1.54, 1.807) is 7.11 Å². The molecule has 26 heavy (non-hydrogen) atoms. The van der Waals surface area contributed by atoms with Crippen molar-refractivity contribution in [3.05, 3.63) is 59.7 Å². The molecule has 138 valence electrons. The quantitative estimate of drug-likeness (QED) is 0.772. The van der Waals surface area contributed by atoms with E-state index in [0.717, 1.165) is 17.9 Å². The summed E-state index contributed by atoms with van der Waals surface area (Å²) < 4.78 is 5.24. The number of anilines is 1. The molecule has 0 saturated heterocycles. The van der Waals surface area contributed by atoms with Crippen LogP contribution in [-0.4, -0.2) is 30.6 Å². The Kier molecular flexibility index (Phi) is 5.82. The van der Waals surface area contributed by atoms with Crippen LogP contribution in [0, 0.1) is 12.8 Å². The summed E-state index contributed by atoms with van der Waals surface area (Å²) in [5.74, 6) is 1.34. The number of amides is 2. The fourth-order valence-electron chi connectivity index (χ4n) is 3.40. The van der Waals surface area contributed by atoms with Gasteiger partial charge in [-0.2, -0.15) is 0 Å². The van der Waals surface area contributed by atoms with Crippen molar-refractivity contribution in [2.24, 2.45) is 5.92 Å². The van der Waals surface area contributed by atoms with Gasteiger partial charge >= 0.3 is 6.03 Å². The van der Waals surface area contributed by atoms with Gasteiger partial charge in [0, 0.05) is 24.3 Å². The standard InChI is InChI=1S/C22H28N2O2/c1-4-24(22(25)23-19-6-5-7-20(15-19)26-3)21(18-12-13-18)14-17-10-8-16(2)9-11-17/h5-11,15,18,21H,4,12-14H2,1-3H3,(H,23,25). The normalized spacial score (nSPS) is 14.6. The molecule has 2 aromatic carbocycles. The van der Waals surface area contributed by atoms with E-state index in [0.29, 0.717) is 12.5 Å². The first kappa shape index (κ1) is 18.3. The van der Waals surface area contributed by atoms with Crippen molar-refractivity contribution >= 4 is 11.7 Å². The van der Waals surface area contributed by atoms with Crippen molar-refractivity contribution in [2.75, 3.05) is 19.0 Å². The van der Waals surface area contributed by atoms with Gasteiger partial charge in [-0.1, -0.05) is 35.9 Å². The molecule has 0 heterocycles. The van der Waals surface area contributed by atoms with E-state index in [1.165, 1.54) is 24.0 Å². The Morgan fingerprint density at radius 3 is 2.58 bits per heavy atom. The molecule has 4 nitrogen and oxygen atoms in total. The lowest BCUT2D eigenvalue weighted by Gasteiger charge is -2.31. The molecule has 1 fully saturated rings. The van der Waals surface area contributed by atoms with Gasteiger partial charge in [-0.15, -0.1) is 0 Å². The van der Waals surface area contributed by atoms with Crippen molar-refractivity contribution < 1.29 is 9.53 Å². The summed E-state index contributed by atoms with van der Waals surface area (Å²) in [6.45, 7) is 4.85. The number of carbonyl (C=O) groups excluding carboxylic acids is 1. The number of carbonyl (C=O) groups is 1. The zero-order chi connectivity index (χ0) is 18.5. The minimum Gasteiger partial charge on any atom is -0.497 e. The molecular formula is C22H28N2O2. The lowest BCUT2D eigenvalue weighted by Crippen LogP contribution is -2.45. The SMILES string of the molecule is CCN(C(=O)Nc1cccc(OC)c1)C(Cc1ccc(C)cc1)C1CC1. The van der Waals surface area contributed by atoms with Crippen LogP contribution in [0.2, 0.25) is 0 Å². The van der Waals surface area contributed by atoms with Crippen LogP contribution in [0.1, 0.15) is 30.9 Å². The van der Waals surface area contributed by atoms with E-state index < -0.39 is 0 Å². The molecule has 0 aromatic heterocycles. The monoisotopic (exact) mass is 352 g/mol. The van der Waals surface area contributed by atoms with Gasteiger partial charge < -0.3 is 15.0 Å². The van der Waals surface area contributed by atoms with Crippen LogP contribution in [0.15, 0.2) is 48.5 Å². The number of methoxy groups -OCH3 is 1. The highest BCUT2D eigenvalue weighted by molar-refractivity contribution is 5.89. The highest BCUT2D eigenvalue weighted by Gasteiger charge is 2.36. The lowest BCUT2D eigenvalue weighted by molar-refractivity contribution is 0.182. The number of hydrogen-bond acceptors (Lipinski definition) is 2. The Balaban J connectivity index is 1.73. The second-order valence-electron chi connectivity index (χ2n) is 7.04. The highest BCUT2D eigenvalue weighted by Crippen LogP contribution is 2.37. The number of rotatable bonds is 7. The van der Waals surface area contributed by atoms with Gasteiger partial charge in [0.15, 0.2) is 0 Å². The Morgan fingerprint density at radius 1 is 1.23 bits per heavy atom. The van der Waals surface area contributed by atoms with Gasteiger partial charge in [0.2, 0.25) is 0 Å². The molecule has 2 amide bonds. The van der Waals surface area contributed by atoms with Crippen molar-refractivity contribution in [1.29, 1.82) is 0 Å². The molecule has 3 rings (SSSR count). The molecule has 0 aliphatic heterocycles. The third-order valence-corrected chi connectivity index (χ3v) is 5.05. The molecule has 1 saturated carbocycles. The van der Waals surface area contributed by atoms with Crippen LogP contribution in [0.5, 0.6) is 5.75 Å². The Labute approximate surface area is 156 Å². The molecule has 1 aliphatic carbocycles. The second kappa shape index (κ2) is 8.26. The Bertz CT molecular complexity index is 738. The fourth-order valence-corrected chi connectivity index (χ4v) is 3.40. The van der Waals surface area contributed by atoms with Crippen LogP contribution >= 0.6 is 0 Å². The van der Waals surface area contributed by atoms with Crippen molar-refractivity contribution in [3.63, 3.8) is 0 Å². The summed E-state index contributed by atoms with van der Waals surface area (Å²) in [6, 6.07) is 16.3. The summed E-state index contributed by atoms with van der Waals surface area (Å²) in [4.78, 5) is 14.9. The van der Waals surface area contributed by atoms with E-state index in [9.17, 15) is 4.79 Å². The Hall–Kier alpha value is -2.49. The molecule has 4 heteroatoms. The van der Waals surface area contributed by atoms with Gasteiger partial charge in [0.05, 0.1) is 7.11 Å². The summed E-state index contributed by atoms with van der Waals surface area (Å²) >= 11 is 0. The average molecular weight is 352 g/mol. The minimum atomic E-state index is -0.0373. The Morgan fingerprint density at radius 2 is 1.96 bits per heavy atom. The fraction of sp³-hybridized carbons (Fsp3) is 0.409. The molecule has 1 N–H and O–H groups in total. The smallest absolute Gasteiger partial charge is 0.322 e. The van der Waals surface area contributed by atoms with Crippen molar-refractivity contribution in [3.8, 4) is 5.75 Å². The third-order valence-electron chi connectivity index (χ3n) is 5.05. The largest absolute Gasteiger partial charge is 0.497 e. The molecule has 1 unspecified atom stereocenters. The topological polar surface area (TPSA) is 41.6 Å². The summed E-state index contributed by atoms with van der Waals surface area (Å²) in [6.07, 6.45) is 3.32. The molecule has 2 aromatic rings. The van der Waals surface area contributed by atoms with Gasteiger partial charge in [-0.05, 0) is 56.7 Å². The van der Waals surface area contributed by atoms with E-state index in [1.807, 2.05) is 29.2 Å². The van der Waals surface area contributed by atoms with Crippen LogP contribution < -0.4 is 10.1 Å². The molecule has 1 atom stereocenters. The predicted octanol–water partition coefficient (Wildman–Crippen LogP) is 4.88. The molecule has 0 bridgehead atoms. The van der Waals surface area contributed by atoms with Crippen LogP contribution in [0.25, 0.3) is 0 Å². The molecular weight excluding hydrogens is 324 g/mol. The van der Waals surface area contributed by atoms with Gasteiger partial charge in [-0.3, -0.25) is 0 Å².